The van der Waals surface area contributed by atoms with Crippen LogP contribution in [0.5, 0.6) is 5.75 Å². The molecule has 0 heterocycles. The summed E-state index contributed by atoms with van der Waals surface area (Å²) in [5.74, 6) is 0.757. The molecule has 0 aromatic heterocycles. The van der Waals surface area contributed by atoms with E-state index in [0.29, 0.717) is 6.54 Å². The molecule has 0 radical (unpaired) electrons. The molecule has 120 valence electrons. The van der Waals surface area contributed by atoms with E-state index in [-0.39, 0.29) is 6.61 Å². The lowest BCUT2D eigenvalue weighted by atomic mass is 10.3. The number of hydrogen-bond donors (Lipinski definition) is 2. The number of rotatable bonds is 12. The zero-order chi connectivity index (χ0) is 15.3. The SMILES string of the molecule is CCCCOCCCNCC(O)COc1cccc(Br)c1. The summed E-state index contributed by atoms with van der Waals surface area (Å²) in [5.41, 5.74) is 0. The average Bonchev–Trinajstić information content (AvgIpc) is 2.48. The van der Waals surface area contributed by atoms with Crippen LogP contribution in [0.2, 0.25) is 0 Å². The van der Waals surface area contributed by atoms with Gasteiger partial charge in [0.15, 0.2) is 0 Å². The van der Waals surface area contributed by atoms with E-state index in [1.54, 1.807) is 0 Å². The highest BCUT2D eigenvalue weighted by atomic mass is 79.9. The van der Waals surface area contributed by atoms with Crippen LogP contribution in [0, 0.1) is 0 Å². The monoisotopic (exact) mass is 359 g/mol. The maximum absolute atomic E-state index is 9.82. The van der Waals surface area contributed by atoms with Crippen molar-refractivity contribution in [3.05, 3.63) is 28.7 Å². The van der Waals surface area contributed by atoms with Crippen LogP contribution in [-0.4, -0.2) is 44.1 Å². The Bertz CT molecular complexity index is 376. The molecule has 0 bridgehead atoms. The van der Waals surface area contributed by atoms with Crippen molar-refractivity contribution in [2.24, 2.45) is 0 Å². The smallest absolute Gasteiger partial charge is 0.120 e. The minimum Gasteiger partial charge on any atom is -0.491 e. The zero-order valence-corrected chi connectivity index (χ0v) is 14.3. The molecule has 21 heavy (non-hydrogen) atoms. The van der Waals surface area contributed by atoms with Crippen LogP contribution in [0.25, 0.3) is 0 Å². The fourth-order valence-electron chi connectivity index (χ4n) is 1.72. The number of aliphatic hydroxyl groups excluding tert-OH is 1. The van der Waals surface area contributed by atoms with Crippen LogP contribution in [0.1, 0.15) is 26.2 Å². The molecular weight excluding hydrogens is 334 g/mol. The van der Waals surface area contributed by atoms with Gasteiger partial charge in [0.05, 0.1) is 0 Å². The van der Waals surface area contributed by atoms with Gasteiger partial charge in [0.1, 0.15) is 18.5 Å². The highest BCUT2D eigenvalue weighted by Gasteiger charge is 2.04. The first-order valence-electron chi connectivity index (χ1n) is 7.57. The van der Waals surface area contributed by atoms with Gasteiger partial charge in [0.2, 0.25) is 0 Å². The standard InChI is InChI=1S/C16H26BrNO3/c1-2-3-9-20-10-5-8-18-12-15(19)13-21-16-7-4-6-14(17)11-16/h4,6-7,11,15,18-19H,2-3,5,8-10,12-13H2,1H3. The van der Waals surface area contributed by atoms with Gasteiger partial charge in [-0.1, -0.05) is 35.3 Å². The molecule has 1 aromatic carbocycles. The third-order valence-electron chi connectivity index (χ3n) is 2.90. The molecule has 0 saturated heterocycles. The van der Waals surface area contributed by atoms with Gasteiger partial charge in [0.25, 0.3) is 0 Å². The Morgan fingerprint density at radius 2 is 2.10 bits per heavy atom. The highest BCUT2D eigenvalue weighted by Crippen LogP contribution is 2.17. The third kappa shape index (κ3) is 9.85. The molecule has 1 rings (SSSR count). The minimum atomic E-state index is -0.509. The summed E-state index contributed by atoms with van der Waals surface area (Å²) in [6.07, 6.45) is 2.75. The Balaban J connectivity index is 1.97. The summed E-state index contributed by atoms with van der Waals surface area (Å²) in [4.78, 5) is 0. The van der Waals surface area contributed by atoms with Crippen LogP contribution in [0.4, 0.5) is 0 Å². The summed E-state index contributed by atoms with van der Waals surface area (Å²) in [7, 11) is 0. The van der Waals surface area contributed by atoms with Crippen LogP contribution in [0.15, 0.2) is 28.7 Å². The van der Waals surface area contributed by atoms with E-state index in [1.165, 1.54) is 6.42 Å². The Labute approximate surface area is 136 Å². The van der Waals surface area contributed by atoms with Gasteiger partial charge in [-0.25, -0.2) is 0 Å². The number of unbranched alkanes of at least 4 members (excludes halogenated alkanes) is 1. The van der Waals surface area contributed by atoms with Gasteiger partial charge in [-0.2, -0.15) is 0 Å². The number of aliphatic hydroxyl groups is 1. The van der Waals surface area contributed by atoms with Crippen molar-refractivity contribution in [3.8, 4) is 5.75 Å². The lowest BCUT2D eigenvalue weighted by Gasteiger charge is -2.13. The van der Waals surface area contributed by atoms with E-state index >= 15 is 0 Å². The average molecular weight is 360 g/mol. The maximum Gasteiger partial charge on any atom is 0.120 e. The number of nitrogens with one attached hydrogen (secondary N) is 1. The van der Waals surface area contributed by atoms with Gasteiger partial charge in [-0.3, -0.25) is 0 Å². The first-order valence-corrected chi connectivity index (χ1v) is 8.36. The summed E-state index contributed by atoms with van der Waals surface area (Å²) in [6, 6.07) is 7.60. The first kappa shape index (κ1) is 18.4. The predicted molar refractivity (Wildman–Crippen MR) is 88.9 cm³/mol. The number of ether oxygens (including phenoxy) is 2. The molecule has 0 saturated carbocycles. The number of halogens is 1. The summed E-state index contributed by atoms with van der Waals surface area (Å²) in [6.45, 7) is 5.44. The molecule has 4 nitrogen and oxygen atoms in total. The first-order chi connectivity index (χ1) is 10.2. The van der Waals surface area contributed by atoms with Crippen LogP contribution in [0.3, 0.4) is 0 Å². The van der Waals surface area contributed by atoms with Crippen molar-refractivity contribution in [3.63, 3.8) is 0 Å². The molecular formula is C16H26BrNO3. The normalized spacial score (nSPS) is 12.3. The summed E-state index contributed by atoms with van der Waals surface area (Å²) in [5, 5.41) is 13.0. The highest BCUT2D eigenvalue weighted by molar-refractivity contribution is 9.10. The number of benzene rings is 1. The Morgan fingerprint density at radius 1 is 1.29 bits per heavy atom. The van der Waals surface area contributed by atoms with E-state index in [0.717, 1.165) is 42.8 Å². The van der Waals surface area contributed by atoms with Crippen LogP contribution >= 0.6 is 15.9 Å². The van der Waals surface area contributed by atoms with Gasteiger partial charge in [-0.15, -0.1) is 0 Å². The maximum atomic E-state index is 9.82. The molecule has 2 N–H and O–H groups in total. The number of hydrogen-bond acceptors (Lipinski definition) is 4. The van der Waals surface area contributed by atoms with Crippen molar-refractivity contribution in [1.82, 2.24) is 5.32 Å². The lowest BCUT2D eigenvalue weighted by molar-refractivity contribution is 0.103. The fourth-order valence-corrected chi connectivity index (χ4v) is 2.10. The quantitative estimate of drug-likeness (QED) is 0.563. The zero-order valence-electron chi connectivity index (χ0n) is 12.7. The second-order valence-corrected chi connectivity index (χ2v) is 5.86. The Hall–Kier alpha value is -0.620. The summed E-state index contributed by atoms with van der Waals surface area (Å²) >= 11 is 3.38. The minimum absolute atomic E-state index is 0.288. The molecule has 5 heteroatoms. The molecule has 1 unspecified atom stereocenters. The van der Waals surface area contributed by atoms with Gasteiger partial charge < -0.3 is 19.9 Å². The second-order valence-electron chi connectivity index (χ2n) is 4.95. The van der Waals surface area contributed by atoms with Gasteiger partial charge >= 0.3 is 0 Å². The third-order valence-corrected chi connectivity index (χ3v) is 3.40. The largest absolute Gasteiger partial charge is 0.491 e. The van der Waals surface area contributed by atoms with Crippen LogP contribution < -0.4 is 10.1 Å². The van der Waals surface area contributed by atoms with E-state index in [1.807, 2.05) is 24.3 Å². The molecule has 1 atom stereocenters. The topological polar surface area (TPSA) is 50.7 Å². The molecule has 0 fully saturated rings. The van der Waals surface area contributed by atoms with Crippen molar-refractivity contribution >= 4 is 15.9 Å². The van der Waals surface area contributed by atoms with E-state index in [2.05, 4.69) is 28.2 Å². The molecule has 0 aliphatic heterocycles. The molecule has 0 amide bonds. The molecule has 0 aliphatic carbocycles. The van der Waals surface area contributed by atoms with E-state index < -0.39 is 6.10 Å². The van der Waals surface area contributed by atoms with Gasteiger partial charge in [0, 0.05) is 24.2 Å². The molecule has 1 aromatic rings. The van der Waals surface area contributed by atoms with Gasteiger partial charge in [-0.05, 0) is 37.6 Å². The van der Waals surface area contributed by atoms with E-state index in [9.17, 15) is 5.11 Å². The second kappa shape index (κ2) is 12.0. The molecule has 0 aliphatic rings. The predicted octanol–water partition coefficient (Wildman–Crippen LogP) is 2.99. The van der Waals surface area contributed by atoms with E-state index in [4.69, 9.17) is 9.47 Å². The van der Waals surface area contributed by atoms with Crippen molar-refractivity contribution in [1.29, 1.82) is 0 Å². The van der Waals surface area contributed by atoms with Crippen molar-refractivity contribution in [2.75, 3.05) is 32.9 Å². The van der Waals surface area contributed by atoms with Crippen LogP contribution in [-0.2, 0) is 4.74 Å². The summed E-state index contributed by atoms with van der Waals surface area (Å²) < 4.78 is 12.0. The Morgan fingerprint density at radius 3 is 2.86 bits per heavy atom. The van der Waals surface area contributed by atoms with Crippen molar-refractivity contribution < 1.29 is 14.6 Å². The lowest BCUT2D eigenvalue weighted by Crippen LogP contribution is -2.32. The van der Waals surface area contributed by atoms with Crippen molar-refractivity contribution in [2.45, 2.75) is 32.3 Å². The molecule has 0 spiro atoms. The fraction of sp³-hybridized carbons (Fsp3) is 0.625. The Kier molecular flexibility index (Phi) is 10.5.